The van der Waals surface area contributed by atoms with Gasteiger partial charge in [0.1, 0.15) is 11.6 Å². The average Bonchev–Trinajstić information content (AvgIpc) is 2.62. The summed E-state index contributed by atoms with van der Waals surface area (Å²) in [4.78, 5) is 13.3. The van der Waals surface area contributed by atoms with Crippen LogP contribution >= 0.6 is 0 Å². The summed E-state index contributed by atoms with van der Waals surface area (Å²) < 4.78 is 27.6. The van der Waals surface area contributed by atoms with Crippen molar-refractivity contribution in [2.75, 3.05) is 32.5 Å². The molecule has 3 rings (SSSR count). The van der Waals surface area contributed by atoms with Gasteiger partial charge < -0.3 is 5.32 Å². The highest BCUT2D eigenvalue weighted by molar-refractivity contribution is 7.86. The van der Waals surface area contributed by atoms with Crippen LogP contribution in [0.3, 0.4) is 0 Å². The van der Waals surface area contributed by atoms with Gasteiger partial charge in [-0.25, -0.2) is 9.97 Å². The Bertz CT molecular complexity index is 871. The Kier molecular flexibility index (Phi) is 5.49. The van der Waals surface area contributed by atoms with Crippen molar-refractivity contribution >= 4 is 21.8 Å². The minimum absolute atomic E-state index is 0.0261. The summed E-state index contributed by atoms with van der Waals surface area (Å²) in [6.07, 6.45) is 5.05. The molecule has 0 saturated carbocycles. The lowest BCUT2D eigenvalue weighted by Crippen LogP contribution is -2.45. The molecule has 1 unspecified atom stereocenters. The Labute approximate surface area is 154 Å². The van der Waals surface area contributed by atoms with E-state index in [1.54, 1.807) is 26.5 Å². The van der Waals surface area contributed by atoms with Gasteiger partial charge in [0.15, 0.2) is 0 Å². The fourth-order valence-electron chi connectivity index (χ4n) is 3.01. The van der Waals surface area contributed by atoms with Crippen LogP contribution in [-0.4, -0.2) is 59.2 Å². The monoisotopic (exact) mass is 376 g/mol. The van der Waals surface area contributed by atoms with Crippen LogP contribution in [0.5, 0.6) is 0 Å². The van der Waals surface area contributed by atoms with Crippen LogP contribution in [0.2, 0.25) is 0 Å². The molecule has 1 aliphatic rings. The maximum atomic E-state index is 12.4. The summed E-state index contributed by atoms with van der Waals surface area (Å²) >= 11 is 0. The SMILES string of the molecule is Cc1cccc(Nc2cncc(C3CCCN(S(=O)(=O)N(C)C)C3)n2)n1. The predicted molar refractivity (Wildman–Crippen MR) is 100 cm³/mol. The highest BCUT2D eigenvalue weighted by atomic mass is 32.2. The van der Waals surface area contributed by atoms with Gasteiger partial charge in [0.05, 0.1) is 11.9 Å². The van der Waals surface area contributed by atoms with Crippen LogP contribution in [0.25, 0.3) is 0 Å². The summed E-state index contributed by atoms with van der Waals surface area (Å²) in [5.41, 5.74) is 1.71. The number of aromatic nitrogens is 3. The third kappa shape index (κ3) is 4.17. The number of nitrogens with one attached hydrogen (secondary N) is 1. The second-order valence-electron chi connectivity index (χ2n) is 6.61. The van der Waals surface area contributed by atoms with Crippen LogP contribution < -0.4 is 5.32 Å². The summed E-state index contributed by atoms with van der Waals surface area (Å²) in [5, 5.41) is 3.16. The largest absolute Gasteiger partial charge is 0.324 e. The van der Waals surface area contributed by atoms with Gasteiger partial charge in [-0.1, -0.05) is 6.07 Å². The molecule has 1 fully saturated rings. The molecule has 1 N–H and O–H groups in total. The molecule has 9 heteroatoms. The standard InChI is InChI=1S/C17H24N6O2S/c1-13-6-4-8-16(19-13)21-17-11-18-10-15(20-17)14-7-5-9-23(12-14)26(24,25)22(2)3/h4,6,8,10-11,14H,5,7,9,12H2,1-3H3,(H,19,20,21). The molecule has 1 saturated heterocycles. The first-order valence-corrected chi connectivity index (χ1v) is 9.96. The molecule has 1 atom stereocenters. The van der Waals surface area contributed by atoms with Gasteiger partial charge in [0.2, 0.25) is 0 Å². The van der Waals surface area contributed by atoms with E-state index >= 15 is 0 Å². The van der Waals surface area contributed by atoms with Gasteiger partial charge >= 0.3 is 0 Å². The molecule has 0 radical (unpaired) electrons. The molecule has 1 aliphatic heterocycles. The van der Waals surface area contributed by atoms with E-state index in [1.165, 1.54) is 8.61 Å². The maximum Gasteiger partial charge on any atom is 0.281 e. The predicted octanol–water partition coefficient (Wildman–Crippen LogP) is 1.91. The Morgan fingerprint density at radius 2 is 2.00 bits per heavy atom. The normalized spacial score (nSPS) is 18.8. The molecular weight excluding hydrogens is 352 g/mol. The Balaban J connectivity index is 1.77. The molecule has 0 amide bonds. The first-order chi connectivity index (χ1) is 12.4. The van der Waals surface area contributed by atoms with Gasteiger partial charge in [-0.05, 0) is 31.9 Å². The van der Waals surface area contributed by atoms with E-state index in [-0.39, 0.29) is 5.92 Å². The number of hydrogen-bond acceptors (Lipinski definition) is 6. The number of hydrogen-bond donors (Lipinski definition) is 1. The lowest BCUT2D eigenvalue weighted by molar-refractivity contribution is 0.296. The van der Waals surface area contributed by atoms with E-state index < -0.39 is 10.2 Å². The minimum atomic E-state index is -3.41. The first kappa shape index (κ1) is 18.7. The lowest BCUT2D eigenvalue weighted by atomic mass is 9.96. The summed E-state index contributed by atoms with van der Waals surface area (Å²) in [6.45, 7) is 2.88. The zero-order chi connectivity index (χ0) is 18.7. The number of aryl methyl sites for hydroxylation is 1. The Morgan fingerprint density at radius 1 is 1.19 bits per heavy atom. The topological polar surface area (TPSA) is 91.3 Å². The lowest BCUT2D eigenvalue weighted by Gasteiger charge is -2.33. The van der Waals surface area contributed by atoms with Crippen LogP contribution in [0.1, 0.15) is 30.1 Å². The van der Waals surface area contributed by atoms with Crippen LogP contribution in [0.4, 0.5) is 11.6 Å². The molecule has 140 valence electrons. The maximum absolute atomic E-state index is 12.4. The van der Waals surface area contributed by atoms with Crippen molar-refractivity contribution in [3.63, 3.8) is 0 Å². The van der Waals surface area contributed by atoms with Crippen LogP contribution in [0.15, 0.2) is 30.6 Å². The fourth-order valence-corrected chi connectivity index (χ4v) is 4.20. The average molecular weight is 376 g/mol. The summed E-state index contributed by atoms with van der Waals surface area (Å²) in [6, 6.07) is 5.72. The number of anilines is 2. The van der Waals surface area contributed by atoms with E-state index in [0.717, 1.165) is 24.2 Å². The van der Waals surface area contributed by atoms with Crippen LogP contribution in [0, 0.1) is 6.92 Å². The van der Waals surface area contributed by atoms with Crippen LogP contribution in [-0.2, 0) is 10.2 Å². The molecule has 8 nitrogen and oxygen atoms in total. The number of nitrogens with zero attached hydrogens (tertiary/aromatic N) is 5. The van der Waals surface area contributed by atoms with E-state index in [1.807, 2.05) is 25.1 Å². The quantitative estimate of drug-likeness (QED) is 0.857. The number of rotatable bonds is 5. The van der Waals surface area contributed by atoms with Crippen molar-refractivity contribution in [1.82, 2.24) is 23.6 Å². The van der Waals surface area contributed by atoms with Gasteiger partial charge in [0.25, 0.3) is 10.2 Å². The molecule has 0 spiro atoms. The van der Waals surface area contributed by atoms with Crippen molar-refractivity contribution in [2.45, 2.75) is 25.7 Å². The van der Waals surface area contributed by atoms with Gasteiger partial charge in [-0.3, -0.25) is 4.98 Å². The molecule has 2 aromatic rings. The van der Waals surface area contributed by atoms with E-state index in [2.05, 4.69) is 20.3 Å². The van der Waals surface area contributed by atoms with Crippen molar-refractivity contribution in [1.29, 1.82) is 0 Å². The molecule has 0 aliphatic carbocycles. The van der Waals surface area contributed by atoms with E-state index in [9.17, 15) is 8.42 Å². The van der Waals surface area contributed by atoms with Gasteiger partial charge in [0, 0.05) is 45.0 Å². The van der Waals surface area contributed by atoms with Crippen molar-refractivity contribution < 1.29 is 8.42 Å². The summed E-state index contributed by atoms with van der Waals surface area (Å²) in [7, 11) is -0.304. The zero-order valence-corrected chi connectivity index (χ0v) is 16.1. The fraction of sp³-hybridized carbons (Fsp3) is 0.471. The third-order valence-electron chi connectivity index (χ3n) is 4.39. The van der Waals surface area contributed by atoms with Gasteiger partial charge in [-0.15, -0.1) is 0 Å². The highest BCUT2D eigenvalue weighted by Crippen LogP contribution is 2.28. The number of piperidine rings is 1. The van der Waals surface area contributed by atoms with Gasteiger partial charge in [-0.2, -0.15) is 17.0 Å². The second-order valence-corrected chi connectivity index (χ2v) is 8.75. The van der Waals surface area contributed by atoms with E-state index in [0.29, 0.717) is 24.7 Å². The number of pyridine rings is 1. The summed E-state index contributed by atoms with van der Waals surface area (Å²) in [5.74, 6) is 1.34. The molecule has 0 aromatic carbocycles. The molecular formula is C17H24N6O2S. The first-order valence-electron chi connectivity index (χ1n) is 8.56. The molecule has 2 aromatic heterocycles. The van der Waals surface area contributed by atoms with Crippen molar-refractivity contribution in [3.05, 3.63) is 42.0 Å². The zero-order valence-electron chi connectivity index (χ0n) is 15.3. The Morgan fingerprint density at radius 3 is 2.73 bits per heavy atom. The molecule has 3 heterocycles. The van der Waals surface area contributed by atoms with E-state index in [4.69, 9.17) is 0 Å². The van der Waals surface area contributed by atoms with Crippen molar-refractivity contribution in [2.24, 2.45) is 0 Å². The third-order valence-corrected chi connectivity index (χ3v) is 6.29. The minimum Gasteiger partial charge on any atom is -0.324 e. The second kappa shape index (κ2) is 7.65. The smallest absolute Gasteiger partial charge is 0.281 e. The molecule has 0 bridgehead atoms. The Hall–Kier alpha value is -2.10. The molecule has 26 heavy (non-hydrogen) atoms. The highest BCUT2D eigenvalue weighted by Gasteiger charge is 2.31. The van der Waals surface area contributed by atoms with Crippen molar-refractivity contribution in [3.8, 4) is 0 Å².